The molecule has 2 aliphatic carbocycles. The molecule has 1 unspecified atom stereocenters. The Kier molecular flexibility index (Phi) is 5.11. The van der Waals surface area contributed by atoms with E-state index in [1.54, 1.807) is 0 Å². The van der Waals surface area contributed by atoms with Crippen LogP contribution in [-0.2, 0) is 19.5 Å². The SMILES string of the molecule is CN(Cc1cn(CC2CCCCC2)nn1)C1CCCc2cccnc21. The smallest absolute Gasteiger partial charge is 0.0967 e. The third-order valence-electron chi connectivity index (χ3n) is 5.86. The minimum Gasteiger partial charge on any atom is -0.292 e. The van der Waals surface area contributed by atoms with Crippen molar-refractivity contribution in [2.45, 2.75) is 70.5 Å². The van der Waals surface area contributed by atoms with Gasteiger partial charge in [0.25, 0.3) is 0 Å². The molecule has 0 bridgehead atoms. The Balaban J connectivity index is 1.39. The van der Waals surface area contributed by atoms with Gasteiger partial charge in [-0.2, -0.15) is 0 Å². The molecule has 0 aliphatic heterocycles. The molecule has 0 radical (unpaired) electrons. The van der Waals surface area contributed by atoms with Crippen molar-refractivity contribution in [3.05, 3.63) is 41.5 Å². The molecule has 25 heavy (non-hydrogen) atoms. The number of rotatable bonds is 5. The van der Waals surface area contributed by atoms with Gasteiger partial charge in [-0.1, -0.05) is 30.5 Å². The van der Waals surface area contributed by atoms with Gasteiger partial charge >= 0.3 is 0 Å². The van der Waals surface area contributed by atoms with Gasteiger partial charge in [0.05, 0.1) is 17.4 Å². The first-order chi connectivity index (χ1) is 12.3. The maximum absolute atomic E-state index is 4.66. The van der Waals surface area contributed by atoms with Crippen LogP contribution < -0.4 is 0 Å². The largest absolute Gasteiger partial charge is 0.292 e. The van der Waals surface area contributed by atoms with Crippen LogP contribution in [0.4, 0.5) is 0 Å². The van der Waals surface area contributed by atoms with E-state index >= 15 is 0 Å². The molecule has 134 valence electrons. The molecule has 1 saturated carbocycles. The molecule has 0 amide bonds. The van der Waals surface area contributed by atoms with Crippen LogP contribution >= 0.6 is 0 Å². The van der Waals surface area contributed by atoms with E-state index in [-0.39, 0.29) is 0 Å². The minimum absolute atomic E-state index is 0.397. The van der Waals surface area contributed by atoms with Crippen molar-refractivity contribution < 1.29 is 0 Å². The van der Waals surface area contributed by atoms with Crippen LogP contribution in [0.3, 0.4) is 0 Å². The van der Waals surface area contributed by atoms with Crippen LogP contribution in [0.1, 0.15) is 67.9 Å². The van der Waals surface area contributed by atoms with Crippen LogP contribution in [-0.4, -0.2) is 31.9 Å². The number of fused-ring (bicyclic) bond motifs is 1. The standard InChI is InChI=1S/C20H29N5/c1-24(19-11-5-9-17-10-6-12-21-20(17)19)14-18-15-25(23-22-18)13-16-7-3-2-4-8-16/h6,10,12,15-16,19H,2-5,7-9,11,13-14H2,1H3. The molecule has 5 nitrogen and oxygen atoms in total. The summed E-state index contributed by atoms with van der Waals surface area (Å²) >= 11 is 0. The number of aromatic nitrogens is 4. The first-order valence-corrected chi connectivity index (χ1v) is 9.82. The number of pyridine rings is 1. The Morgan fingerprint density at radius 2 is 2.04 bits per heavy atom. The molecule has 0 spiro atoms. The Morgan fingerprint density at radius 1 is 1.16 bits per heavy atom. The summed E-state index contributed by atoms with van der Waals surface area (Å²) in [6.45, 7) is 1.87. The second kappa shape index (κ2) is 7.65. The molecule has 2 aliphatic rings. The highest BCUT2D eigenvalue weighted by atomic mass is 15.4. The minimum atomic E-state index is 0.397. The van der Waals surface area contributed by atoms with Gasteiger partial charge in [0, 0.05) is 25.5 Å². The lowest BCUT2D eigenvalue weighted by Crippen LogP contribution is -2.28. The second-order valence-corrected chi connectivity index (χ2v) is 7.81. The van der Waals surface area contributed by atoms with Crippen molar-refractivity contribution >= 4 is 0 Å². The zero-order valence-electron chi connectivity index (χ0n) is 15.3. The fourth-order valence-electron chi connectivity index (χ4n) is 4.51. The lowest BCUT2D eigenvalue weighted by molar-refractivity contribution is 0.206. The summed E-state index contributed by atoms with van der Waals surface area (Å²) in [7, 11) is 2.19. The second-order valence-electron chi connectivity index (χ2n) is 7.81. The van der Waals surface area contributed by atoms with Crippen molar-refractivity contribution in [2.75, 3.05) is 7.05 Å². The summed E-state index contributed by atoms with van der Waals surface area (Å²) in [5.41, 5.74) is 3.73. The summed E-state index contributed by atoms with van der Waals surface area (Å²) in [5, 5.41) is 8.80. The highest BCUT2D eigenvalue weighted by molar-refractivity contribution is 5.25. The van der Waals surface area contributed by atoms with Gasteiger partial charge < -0.3 is 0 Å². The third-order valence-corrected chi connectivity index (χ3v) is 5.86. The first-order valence-electron chi connectivity index (χ1n) is 9.82. The highest BCUT2D eigenvalue weighted by Crippen LogP contribution is 2.32. The Morgan fingerprint density at radius 3 is 2.92 bits per heavy atom. The first kappa shape index (κ1) is 16.7. The fourth-order valence-corrected chi connectivity index (χ4v) is 4.51. The van der Waals surface area contributed by atoms with E-state index < -0.39 is 0 Å². The van der Waals surface area contributed by atoms with E-state index in [0.717, 1.165) is 31.1 Å². The molecule has 1 fully saturated rings. The lowest BCUT2D eigenvalue weighted by atomic mass is 9.89. The third kappa shape index (κ3) is 3.92. The van der Waals surface area contributed by atoms with Crippen molar-refractivity contribution in [3.63, 3.8) is 0 Å². The van der Waals surface area contributed by atoms with Crippen LogP contribution in [0, 0.1) is 5.92 Å². The molecule has 0 aromatic carbocycles. The summed E-state index contributed by atoms with van der Waals surface area (Å²) in [6.07, 6.45) is 14.5. The molecule has 2 heterocycles. The van der Waals surface area contributed by atoms with Crippen LogP contribution in [0.25, 0.3) is 0 Å². The maximum Gasteiger partial charge on any atom is 0.0967 e. The molecule has 4 rings (SSSR count). The van der Waals surface area contributed by atoms with Crippen LogP contribution in [0.5, 0.6) is 0 Å². The highest BCUT2D eigenvalue weighted by Gasteiger charge is 2.25. The molecule has 2 aromatic rings. The Hall–Kier alpha value is -1.75. The zero-order valence-corrected chi connectivity index (χ0v) is 15.3. The van der Waals surface area contributed by atoms with Crippen LogP contribution in [0.2, 0.25) is 0 Å². The van der Waals surface area contributed by atoms with E-state index in [0.29, 0.717) is 6.04 Å². The quantitative estimate of drug-likeness (QED) is 0.832. The van der Waals surface area contributed by atoms with Crippen molar-refractivity contribution in [2.24, 2.45) is 5.92 Å². The molecular weight excluding hydrogens is 310 g/mol. The predicted octanol–water partition coefficient (Wildman–Crippen LogP) is 3.76. The zero-order chi connectivity index (χ0) is 17.1. The van der Waals surface area contributed by atoms with Crippen molar-refractivity contribution in [1.29, 1.82) is 0 Å². The average Bonchev–Trinajstić information content (AvgIpc) is 3.09. The summed E-state index contributed by atoms with van der Waals surface area (Å²) in [4.78, 5) is 7.05. The van der Waals surface area contributed by atoms with Crippen molar-refractivity contribution in [3.8, 4) is 0 Å². The van der Waals surface area contributed by atoms with Gasteiger partial charge in [-0.3, -0.25) is 14.6 Å². The summed E-state index contributed by atoms with van der Waals surface area (Å²) in [5.74, 6) is 0.787. The number of hydrogen-bond acceptors (Lipinski definition) is 4. The van der Waals surface area contributed by atoms with Gasteiger partial charge in [0.1, 0.15) is 0 Å². The van der Waals surface area contributed by atoms with Gasteiger partial charge in [0.2, 0.25) is 0 Å². The lowest BCUT2D eigenvalue weighted by Gasteiger charge is -2.31. The molecule has 5 heteroatoms. The van der Waals surface area contributed by atoms with E-state index in [2.05, 4.69) is 50.3 Å². The predicted molar refractivity (Wildman–Crippen MR) is 98.0 cm³/mol. The molecule has 2 aromatic heterocycles. The van der Waals surface area contributed by atoms with Crippen LogP contribution in [0.15, 0.2) is 24.5 Å². The molecular formula is C20H29N5. The number of hydrogen-bond donors (Lipinski definition) is 0. The van der Waals surface area contributed by atoms with E-state index in [1.165, 1.54) is 56.2 Å². The van der Waals surface area contributed by atoms with Crippen molar-refractivity contribution in [1.82, 2.24) is 24.9 Å². The molecule has 1 atom stereocenters. The molecule has 0 saturated heterocycles. The van der Waals surface area contributed by atoms with E-state index in [4.69, 9.17) is 0 Å². The summed E-state index contributed by atoms with van der Waals surface area (Å²) < 4.78 is 2.06. The number of aryl methyl sites for hydroxylation is 1. The van der Waals surface area contributed by atoms with Gasteiger partial charge in [0.15, 0.2) is 0 Å². The Bertz CT molecular complexity index is 689. The monoisotopic (exact) mass is 339 g/mol. The topological polar surface area (TPSA) is 46.8 Å². The fraction of sp³-hybridized carbons (Fsp3) is 0.650. The van der Waals surface area contributed by atoms with E-state index in [1.807, 2.05) is 6.20 Å². The maximum atomic E-state index is 4.66. The average molecular weight is 339 g/mol. The van der Waals surface area contributed by atoms with Gasteiger partial charge in [-0.15, -0.1) is 5.10 Å². The normalized spacial score (nSPS) is 21.4. The van der Waals surface area contributed by atoms with Gasteiger partial charge in [-0.25, -0.2) is 0 Å². The van der Waals surface area contributed by atoms with E-state index in [9.17, 15) is 0 Å². The Labute approximate surface area is 150 Å². The summed E-state index contributed by atoms with van der Waals surface area (Å²) in [6, 6.07) is 4.68. The molecule has 0 N–H and O–H groups in total. The van der Waals surface area contributed by atoms with Gasteiger partial charge in [-0.05, 0) is 56.7 Å². The number of nitrogens with zero attached hydrogens (tertiary/aromatic N) is 5.